The number of nitro groups is 1. The average molecular weight is 337 g/mol. The summed E-state index contributed by atoms with van der Waals surface area (Å²) in [7, 11) is 0. The van der Waals surface area contributed by atoms with Gasteiger partial charge in [0.15, 0.2) is 0 Å². The van der Waals surface area contributed by atoms with Crippen molar-refractivity contribution in [3.8, 4) is 0 Å². The van der Waals surface area contributed by atoms with E-state index in [-0.39, 0.29) is 5.69 Å². The zero-order chi connectivity index (χ0) is 10.3. The van der Waals surface area contributed by atoms with Gasteiger partial charge in [0, 0.05) is 31.8 Å². The number of thiophene rings is 1. The molecule has 0 unspecified atom stereocenters. The highest BCUT2D eigenvalue weighted by Crippen LogP contribution is 2.38. The van der Waals surface area contributed by atoms with Crippen molar-refractivity contribution in [2.24, 2.45) is 0 Å². The van der Waals surface area contributed by atoms with E-state index in [2.05, 4.69) is 31.9 Å². The van der Waals surface area contributed by atoms with Crippen LogP contribution in [0.15, 0.2) is 26.5 Å². The van der Waals surface area contributed by atoms with E-state index in [1.807, 2.05) is 5.38 Å². The van der Waals surface area contributed by atoms with Crippen molar-refractivity contribution in [1.29, 1.82) is 0 Å². The Morgan fingerprint density at radius 2 is 2.00 bits per heavy atom. The van der Waals surface area contributed by atoms with Gasteiger partial charge in [-0.15, -0.1) is 11.3 Å². The van der Waals surface area contributed by atoms with Crippen LogP contribution in [0.1, 0.15) is 0 Å². The molecule has 14 heavy (non-hydrogen) atoms. The molecule has 0 spiro atoms. The molecule has 0 saturated carbocycles. The third-order valence-corrected chi connectivity index (χ3v) is 4.65. The van der Waals surface area contributed by atoms with Gasteiger partial charge in [-0.3, -0.25) is 10.1 Å². The second kappa shape index (κ2) is 3.60. The zero-order valence-electron chi connectivity index (χ0n) is 6.66. The molecule has 72 valence electrons. The number of non-ortho nitro benzene ring substituents is 1. The van der Waals surface area contributed by atoms with Gasteiger partial charge in [-0.05, 0) is 31.9 Å². The minimum atomic E-state index is -0.395. The quantitative estimate of drug-likeness (QED) is 0.574. The molecule has 2 aromatic rings. The molecule has 0 aliphatic heterocycles. The predicted octanol–water partition coefficient (Wildman–Crippen LogP) is 4.33. The molecule has 0 bridgehead atoms. The van der Waals surface area contributed by atoms with E-state index in [4.69, 9.17) is 0 Å². The highest BCUT2D eigenvalue weighted by molar-refractivity contribution is 9.11. The van der Waals surface area contributed by atoms with Crippen LogP contribution in [0.5, 0.6) is 0 Å². The summed E-state index contributed by atoms with van der Waals surface area (Å²) in [6.45, 7) is 0. The van der Waals surface area contributed by atoms with Crippen LogP contribution < -0.4 is 0 Å². The molecule has 0 aliphatic rings. The highest BCUT2D eigenvalue weighted by atomic mass is 79.9. The lowest BCUT2D eigenvalue weighted by Crippen LogP contribution is -1.87. The third-order valence-electron chi connectivity index (χ3n) is 1.78. The molecule has 0 radical (unpaired) electrons. The fourth-order valence-electron chi connectivity index (χ4n) is 1.16. The fourth-order valence-corrected chi connectivity index (χ4v) is 3.42. The van der Waals surface area contributed by atoms with Crippen molar-refractivity contribution >= 4 is 59.0 Å². The smallest absolute Gasteiger partial charge is 0.258 e. The second-order valence-electron chi connectivity index (χ2n) is 2.65. The first-order valence-corrected chi connectivity index (χ1v) is 6.07. The lowest BCUT2D eigenvalue weighted by Gasteiger charge is -1.95. The summed E-state index contributed by atoms with van der Waals surface area (Å²) in [6.07, 6.45) is 0. The Bertz CT molecular complexity index is 523. The van der Waals surface area contributed by atoms with Gasteiger partial charge in [-0.2, -0.15) is 0 Å². The number of nitro benzene ring substituents is 1. The van der Waals surface area contributed by atoms with Gasteiger partial charge < -0.3 is 0 Å². The van der Waals surface area contributed by atoms with Gasteiger partial charge in [0.2, 0.25) is 0 Å². The van der Waals surface area contributed by atoms with Crippen LogP contribution in [0.25, 0.3) is 10.1 Å². The van der Waals surface area contributed by atoms with E-state index in [9.17, 15) is 10.1 Å². The largest absolute Gasteiger partial charge is 0.271 e. The predicted molar refractivity (Wildman–Crippen MR) is 63.9 cm³/mol. The molecule has 0 aliphatic carbocycles. The van der Waals surface area contributed by atoms with Gasteiger partial charge >= 0.3 is 0 Å². The average Bonchev–Trinajstić information content (AvgIpc) is 2.48. The minimum absolute atomic E-state index is 0.100. The van der Waals surface area contributed by atoms with E-state index in [1.165, 1.54) is 6.07 Å². The van der Waals surface area contributed by atoms with Crippen LogP contribution in [0.4, 0.5) is 5.69 Å². The van der Waals surface area contributed by atoms with Crippen molar-refractivity contribution in [2.75, 3.05) is 0 Å². The van der Waals surface area contributed by atoms with Crippen molar-refractivity contribution in [1.82, 2.24) is 0 Å². The van der Waals surface area contributed by atoms with Crippen LogP contribution in [0, 0.1) is 10.1 Å². The zero-order valence-corrected chi connectivity index (χ0v) is 10.6. The molecule has 1 aromatic carbocycles. The lowest BCUT2D eigenvalue weighted by atomic mass is 10.2. The topological polar surface area (TPSA) is 43.1 Å². The van der Waals surface area contributed by atoms with E-state index in [0.29, 0.717) is 0 Å². The Morgan fingerprint density at radius 1 is 1.29 bits per heavy atom. The summed E-state index contributed by atoms with van der Waals surface area (Å²) in [5.74, 6) is 0. The number of nitrogens with zero attached hydrogens (tertiary/aromatic N) is 1. The first kappa shape index (κ1) is 10.1. The van der Waals surface area contributed by atoms with Crippen LogP contribution in [-0.2, 0) is 0 Å². The summed E-state index contributed by atoms with van der Waals surface area (Å²) in [6, 6.07) is 3.09. The summed E-state index contributed by atoms with van der Waals surface area (Å²) in [5, 5.41) is 13.4. The molecular formula is C8H3Br2NO2S. The maximum atomic E-state index is 10.6. The van der Waals surface area contributed by atoms with E-state index < -0.39 is 4.92 Å². The molecule has 1 heterocycles. The van der Waals surface area contributed by atoms with Gasteiger partial charge in [-0.1, -0.05) is 0 Å². The Balaban J connectivity index is 2.82. The van der Waals surface area contributed by atoms with Gasteiger partial charge in [0.1, 0.15) is 0 Å². The van der Waals surface area contributed by atoms with Gasteiger partial charge in [-0.25, -0.2) is 0 Å². The monoisotopic (exact) mass is 335 g/mol. The summed E-state index contributed by atoms with van der Waals surface area (Å²) in [4.78, 5) is 10.2. The maximum Gasteiger partial charge on any atom is 0.271 e. The molecule has 1 aromatic heterocycles. The van der Waals surface area contributed by atoms with Gasteiger partial charge in [0.25, 0.3) is 5.69 Å². The number of hydrogen-bond acceptors (Lipinski definition) is 3. The summed E-state index contributed by atoms with van der Waals surface area (Å²) < 4.78 is 2.67. The van der Waals surface area contributed by atoms with Crippen molar-refractivity contribution in [3.05, 3.63) is 36.6 Å². The van der Waals surface area contributed by atoms with E-state index >= 15 is 0 Å². The molecular weight excluding hydrogens is 334 g/mol. The molecule has 0 fully saturated rings. The molecule has 0 atom stereocenters. The van der Waals surface area contributed by atoms with E-state index in [1.54, 1.807) is 17.4 Å². The molecule has 3 nitrogen and oxygen atoms in total. The molecule has 0 N–H and O–H groups in total. The second-order valence-corrected chi connectivity index (χ2v) is 5.23. The number of rotatable bonds is 1. The third kappa shape index (κ3) is 1.57. The van der Waals surface area contributed by atoms with E-state index in [0.717, 1.165) is 19.0 Å². The van der Waals surface area contributed by atoms with Crippen LogP contribution in [0.2, 0.25) is 0 Å². The van der Waals surface area contributed by atoms with Crippen molar-refractivity contribution in [2.45, 2.75) is 0 Å². The normalized spacial score (nSPS) is 10.7. The van der Waals surface area contributed by atoms with Crippen LogP contribution in [-0.4, -0.2) is 4.92 Å². The fraction of sp³-hybridized carbons (Fsp3) is 0. The number of halogens is 2. The Morgan fingerprint density at radius 3 is 2.64 bits per heavy atom. The SMILES string of the molecule is O=[N+]([O-])c1cc(Br)c2scc(Br)c2c1. The van der Waals surface area contributed by atoms with Crippen molar-refractivity contribution in [3.63, 3.8) is 0 Å². The Labute approximate surface area is 100 Å². The summed E-state index contributed by atoms with van der Waals surface area (Å²) in [5.41, 5.74) is 0.100. The molecule has 0 amide bonds. The lowest BCUT2D eigenvalue weighted by molar-refractivity contribution is -0.384. The Kier molecular flexibility index (Phi) is 2.59. The Hall–Kier alpha value is -0.460. The highest BCUT2D eigenvalue weighted by Gasteiger charge is 2.13. The number of fused-ring (bicyclic) bond motifs is 1. The van der Waals surface area contributed by atoms with Gasteiger partial charge in [0.05, 0.1) is 9.62 Å². The first-order chi connectivity index (χ1) is 6.59. The summed E-state index contributed by atoms with van der Waals surface area (Å²) >= 11 is 8.21. The number of hydrogen-bond donors (Lipinski definition) is 0. The molecule has 6 heteroatoms. The van der Waals surface area contributed by atoms with Crippen LogP contribution >= 0.6 is 43.2 Å². The molecule has 0 saturated heterocycles. The number of benzene rings is 1. The standard InChI is InChI=1S/C8H3Br2NO2S/c9-6-2-4(11(12)13)1-5-7(10)3-14-8(5)6/h1-3H. The maximum absolute atomic E-state index is 10.6. The van der Waals surface area contributed by atoms with Crippen molar-refractivity contribution < 1.29 is 4.92 Å². The minimum Gasteiger partial charge on any atom is -0.258 e. The first-order valence-electron chi connectivity index (χ1n) is 3.60. The molecule has 2 rings (SSSR count). The van der Waals surface area contributed by atoms with Crippen LogP contribution in [0.3, 0.4) is 0 Å².